The van der Waals surface area contributed by atoms with E-state index in [1.54, 1.807) is 6.07 Å². The number of nitrogens with one attached hydrogen (secondary N) is 2. The average Bonchev–Trinajstić information content (AvgIpc) is 2.99. The van der Waals surface area contributed by atoms with Crippen molar-refractivity contribution in [2.24, 2.45) is 0 Å². The standard InChI is InChI=1S/C13H17N5O2S2/c1-8-16-17-12(21-8)15-11-7-9(3-4-10(11)14)22(19,20)18-13(2)5-6-13/h3-4,7,18H,5-6,14H2,1-2H3,(H,15,17). The summed E-state index contributed by atoms with van der Waals surface area (Å²) in [6.45, 7) is 3.73. The van der Waals surface area contributed by atoms with Crippen molar-refractivity contribution in [1.82, 2.24) is 14.9 Å². The van der Waals surface area contributed by atoms with Crippen LogP contribution >= 0.6 is 11.3 Å². The molecule has 0 bridgehead atoms. The zero-order valence-corrected chi connectivity index (χ0v) is 13.9. The molecule has 2 aromatic rings. The highest BCUT2D eigenvalue weighted by Gasteiger charge is 2.41. The zero-order valence-electron chi connectivity index (χ0n) is 12.3. The van der Waals surface area contributed by atoms with E-state index in [4.69, 9.17) is 5.73 Å². The second kappa shape index (κ2) is 5.18. The molecule has 0 atom stereocenters. The lowest BCUT2D eigenvalue weighted by Crippen LogP contribution is -2.34. The zero-order chi connectivity index (χ0) is 16.0. The number of nitrogens with zero attached hydrogens (tertiary/aromatic N) is 2. The Bertz CT molecular complexity index is 812. The molecule has 4 N–H and O–H groups in total. The predicted octanol–water partition coefficient (Wildman–Crippen LogP) is 2.00. The lowest BCUT2D eigenvalue weighted by molar-refractivity contribution is 0.558. The van der Waals surface area contributed by atoms with Crippen LogP contribution in [0.1, 0.15) is 24.8 Å². The molecule has 7 nitrogen and oxygen atoms in total. The molecule has 1 aliphatic rings. The van der Waals surface area contributed by atoms with E-state index in [9.17, 15) is 8.42 Å². The first-order valence-corrected chi connectivity index (χ1v) is 9.08. The van der Waals surface area contributed by atoms with Gasteiger partial charge in [-0.1, -0.05) is 11.3 Å². The highest BCUT2D eigenvalue weighted by atomic mass is 32.2. The summed E-state index contributed by atoms with van der Waals surface area (Å²) >= 11 is 1.37. The van der Waals surface area contributed by atoms with Crippen molar-refractivity contribution in [3.8, 4) is 0 Å². The minimum absolute atomic E-state index is 0.179. The monoisotopic (exact) mass is 339 g/mol. The summed E-state index contributed by atoms with van der Waals surface area (Å²) in [5.41, 5.74) is 6.54. The number of hydrogen-bond donors (Lipinski definition) is 3. The van der Waals surface area contributed by atoms with E-state index in [0.29, 0.717) is 16.5 Å². The van der Waals surface area contributed by atoms with Gasteiger partial charge in [-0.3, -0.25) is 0 Å². The van der Waals surface area contributed by atoms with Crippen molar-refractivity contribution in [2.75, 3.05) is 11.1 Å². The van der Waals surface area contributed by atoms with Crippen LogP contribution < -0.4 is 15.8 Å². The van der Waals surface area contributed by atoms with E-state index in [-0.39, 0.29) is 10.4 Å². The molecule has 1 aliphatic carbocycles. The molecule has 1 aromatic carbocycles. The van der Waals surface area contributed by atoms with E-state index in [2.05, 4.69) is 20.2 Å². The van der Waals surface area contributed by atoms with Crippen LogP contribution in [-0.2, 0) is 10.0 Å². The molecule has 0 aliphatic heterocycles. The molecular formula is C13H17N5O2S2. The van der Waals surface area contributed by atoms with Crippen LogP contribution in [0.4, 0.5) is 16.5 Å². The van der Waals surface area contributed by atoms with E-state index in [1.807, 2.05) is 13.8 Å². The number of nitrogens with two attached hydrogens (primary N) is 1. The maximum Gasteiger partial charge on any atom is 0.241 e. The van der Waals surface area contributed by atoms with Gasteiger partial charge in [0.2, 0.25) is 15.2 Å². The second-order valence-corrected chi connectivity index (χ2v) is 8.53. The molecule has 118 valence electrons. The Kier molecular flexibility index (Phi) is 3.58. The van der Waals surface area contributed by atoms with Crippen LogP contribution in [0, 0.1) is 6.92 Å². The van der Waals surface area contributed by atoms with Crippen LogP contribution in [-0.4, -0.2) is 24.2 Å². The second-order valence-electron chi connectivity index (χ2n) is 5.67. The molecule has 1 fully saturated rings. The molecule has 0 radical (unpaired) electrons. The smallest absolute Gasteiger partial charge is 0.241 e. The number of hydrogen-bond acceptors (Lipinski definition) is 7. The third kappa shape index (κ3) is 3.21. The highest BCUT2D eigenvalue weighted by Crippen LogP contribution is 2.36. The minimum Gasteiger partial charge on any atom is -0.397 e. The molecule has 9 heteroatoms. The topological polar surface area (TPSA) is 110 Å². The van der Waals surface area contributed by atoms with Gasteiger partial charge in [-0.05, 0) is 44.9 Å². The molecule has 22 heavy (non-hydrogen) atoms. The van der Waals surface area contributed by atoms with E-state index < -0.39 is 10.0 Å². The third-order valence-corrected chi connectivity index (χ3v) is 5.87. The lowest BCUT2D eigenvalue weighted by Gasteiger charge is -2.14. The maximum absolute atomic E-state index is 12.4. The van der Waals surface area contributed by atoms with Gasteiger partial charge >= 0.3 is 0 Å². The minimum atomic E-state index is -3.56. The summed E-state index contributed by atoms with van der Waals surface area (Å²) in [6, 6.07) is 4.58. The first kappa shape index (κ1) is 15.2. The van der Waals surface area contributed by atoms with Gasteiger partial charge in [0.05, 0.1) is 16.3 Å². The first-order chi connectivity index (χ1) is 10.3. The average molecular weight is 339 g/mol. The molecule has 0 spiro atoms. The highest BCUT2D eigenvalue weighted by molar-refractivity contribution is 7.89. The molecule has 0 amide bonds. The Hall–Kier alpha value is -1.71. The Morgan fingerprint density at radius 1 is 1.32 bits per heavy atom. The number of sulfonamides is 1. The van der Waals surface area contributed by atoms with Crippen molar-refractivity contribution >= 4 is 37.9 Å². The van der Waals surface area contributed by atoms with Gasteiger partial charge in [0.1, 0.15) is 5.01 Å². The van der Waals surface area contributed by atoms with Gasteiger partial charge in [-0.2, -0.15) is 0 Å². The van der Waals surface area contributed by atoms with E-state index >= 15 is 0 Å². The fraction of sp³-hybridized carbons (Fsp3) is 0.385. The quantitative estimate of drug-likeness (QED) is 0.719. The number of benzene rings is 1. The fourth-order valence-corrected chi connectivity index (χ4v) is 4.04. The van der Waals surface area contributed by atoms with Gasteiger partial charge in [-0.25, -0.2) is 13.1 Å². The SMILES string of the molecule is Cc1nnc(Nc2cc(S(=O)(=O)NC3(C)CC3)ccc2N)s1. The van der Waals surface area contributed by atoms with Crippen molar-refractivity contribution in [2.45, 2.75) is 37.1 Å². The summed E-state index contributed by atoms with van der Waals surface area (Å²) in [4.78, 5) is 0.179. The van der Waals surface area contributed by atoms with Crippen molar-refractivity contribution in [1.29, 1.82) is 0 Å². The Morgan fingerprint density at radius 2 is 2.05 bits per heavy atom. The van der Waals surface area contributed by atoms with Crippen LogP contribution in [0.5, 0.6) is 0 Å². The number of rotatable bonds is 5. The number of anilines is 3. The Labute approximate surface area is 133 Å². The number of aryl methyl sites for hydroxylation is 1. The summed E-state index contributed by atoms with van der Waals surface area (Å²) in [5.74, 6) is 0. The van der Waals surface area contributed by atoms with Crippen LogP contribution in [0.3, 0.4) is 0 Å². The third-order valence-electron chi connectivity index (χ3n) is 3.48. The van der Waals surface area contributed by atoms with Crippen molar-refractivity contribution < 1.29 is 8.42 Å². The first-order valence-electron chi connectivity index (χ1n) is 6.78. The summed E-state index contributed by atoms with van der Waals surface area (Å²) < 4.78 is 27.5. The molecule has 1 aromatic heterocycles. The normalized spacial score (nSPS) is 16.5. The van der Waals surface area contributed by atoms with Crippen molar-refractivity contribution in [3.05, 3.63) is 23.2 Å². The molecule has 1 heterocycles. The Balaban J connectivity index is 1.89. The molecular weight excluding hydrogens is 322 g/mol. The van der Waals surface area contributed by atoms with E-state index in [1.165, 1.54) is 23.5 Å². The maximum atomic E-state index is 12.4. The summed E-state index contributed by atoms with van der Waals surface area (Å²) in [6.07, 6.45) is 1.72. The van der Waals surface area contributed by atoms with Gasteiger partial charge < -0.3 is 11.1 Å². The van der Waals surface area contributed by atoms with Crippen molar-refractivity contribution in [3.63, 3.8) is 0 Å². The lowest BCUT2D eigenvalue weighted by atomic mass is 10.3. The molecule has 0 unspecified atom stereocenters. The van der Waals surface area contributed by atoms with E-state index in [0.717, 1.165) is 17.8 Å². The largest absolute Gasteiger partial charge is 0.397 e. The van der Waals surface area contributed by atoms with Gasteiger partial charge in [0.25, 0.3) is 0 Å². The van der Waals surface area contributed by atoms with Crippen LogP contribution in [0.2, 0.25) is 0 Å². The van der Waals surface area contributed by atoms with Crippen LogP contribution in [0.15, 0.2) is 23.1 Å². The van der Waals surface area contributed by atoms with Gasteiger partial charge in [0.15, 0.2) is 0 Å². The number of nitrogen functional groups attached to an aromatic ring is 1. The summed E-state index contributed by atoms with van der Waals surface area (Å²) in [5, 5.41) is 12.3. The molecule has 0 saturated heterocycles. The Morgan fingerprint density at radius 3 is 2.64 bits per heavy atom. The molecule has 1 saturated carbocycles. The number of aromatic nitrogens is 2. The predicted molar refractivity (Wildman–Crippen MR) is 86.7 cm³/mol. The van der Waals surface area contributed by atoms with Crippen LogP contribution in [0.25, 0.3) is 0 Å². The van der Waals surface area contributed by atoms with Gasteiger partial charge in [-0.15, -0.1) is 10.2 Å². The fourth-order valence-electron chi connectivity index (χ4n) is 1.95. The van der Waals surface area contributed by atoms with Gasteiger partial charge in [0, 0.05) is 5.54 Å². The molecule has 3 rings (SSSR count). The summed E-state index contributed by atoms with van der Waals surface area (Å²) in [7, 11) is -3.56.